The highest BCUT2D eigenvalue weighted by Gasteiger charge is 2.10. The van der Waals surface area contributed by atoms with Gasteiger partial charge in [0.05, 0.1) is 6.61 Å². The Labute approximate surface area is 144 Å². The van der Waals surface area contributed by atoms with Gasteiger partial charge in [-0.1, -0.05) is 68.4 Å². The highest BCUT2D eigenvalue weighted by Crippen LogP contribution is 2.15. The van der Waals surface area contributed by atoms with Gasteiger partial charge in [0.25, 0.3) is 0 Å². The number of rotatable bonds is 7. The maximum Gasteiger partial charge on any atom is 0.246 e. The minimum absolute atomic E-state index is 0.0461. The number of hydrogen-bond acceptors (Lipinski definition) is 2. The number of aliphatic hydroxyl groups excluding tert-OH is 1. The van der Waals surface area contributed by atoms with Gasteiger partial charge in [-0.2, -0.15) is 0 Å². The van der Waals surface area contributed by atoms with Gasteiger partial charge in [-0.05, 0) is 28.7 Å². The summed E-state index contributed by atoms with van der Waals surface area (Å²) in [5, 5.41) is 9.21. The number of carbonyl (C=O) groups is 1. The molecule has 126 valence electrons. The maximum atomic E-state index is 12.4. The maximum absolute atomic E-state index is 12.4. The molecule has 0 aromatic heterocycles. The molecule has 0 aliphatic heterocycles. The van der Waals surface area contributed by atoms with E-state index in [1.807, 2.05) is 48.5 Å². The Kier molecular flexibility index (Phi) is 6.76. The molecule has 3 heteroatoms. The summed E-state index contributed by atoms with van der Waals surface area (Å²) in [5.41, 5.74) is 3.33. The van der Waals surface area contributed by atoms with Gasteiger partial charge >= 0.3 is 0 Å². The van der Waals surface area contributed by atoms with Crippen LogP contribution in [0.1, 0.15) is 36.5 Å². The van der Waals surface area contributed by atoms with Crippen LogP contribution in [0, 0.1) is 0 Å². The molecular formula is C21H25NO2. The molecule has 2 aromatic carbocycles. The fourth-order valence-corrected chi connectivity index (χ4v) is 2.46. The second-order valence-electron chi connectivity index (χ2n) is 6.12. The lowest BCUT2D eigenvalue weighted by Crippen LogP contribution is -2.31. The van der Waals surface area contributed by atoms with Crippen LogP contribution in [0.5, 0.6) is 0 Å². The minimum atomic E-state index is -0.0964. The summed E-state index contributed by atoms with van der Waals surface area (Å²) in [6, 6.07) is 18.0. The van der Waals surface area contributed by atoms with E-state index in [4.69, 9.17) is 0 Å². The van der Waals surface area contributed by atoms with E-state index in [0.29, 0.717) is 19.0 Å². The predicted octanol–water partition coefficient (Wildman–Crippen LogP) is 3.84. The average molecular weight is 323 g/mol. The third-order valence-corrected chi connectivity index (χ3v) is 3.92. The number of hydrogen-bond donors (Lipinski definition) is 1. The minimum Gasteiger partial charge on any atom is -0.395 e. The van der Waals surface area contributed by atoms with E-state index in [-0.39, 0.29) is 12.5 Å². The fraction of sp³-hybridized carbons (Fsp3) is 0.286. The lowest BCUT2D eigenvalue weighted by molar-refractivity contribution is -0.127. The van der Waals surface area contributed by atoms with Crippen molar-refractivity contribution in [3.8, 4) is 0 Å². The summed E-state index contributed by atoms with van der Waals surface area (Å²) in [5.74, 6) is 0.399. The number of benzene rings is 2. The zero-order chi connectivity index (χ0) is 17.4. The van der Waals surface area contributed by atoms with Gasteiger partial charge < -0.3 is 10.0 Å². The van der Waals surface area contributed by atoms with Crippen molar-refractivity contribution < 1.29 is 9.90 Å². The SMILES string of the molecule is CC(C)c1ccc(/C=C/C(=O)N(CCO)Cc2ccccc2)cc1. The van der Waals surface area contributed by atoms with Crippen LogP contribution in [0.4, 0.5) is 0 Å². The molecule has 0 aliphatic carbocycles. The zero-order valence-corrected chi connectivity index (χ0v) is 14.4. The molecule has 0 fully saturated rings. The largest absolute Gasteiger partial charge is 0.395 e. The van der Waals surface area contributed by atoms with Crippen LogP contribution in [0.25, 0.3) is 6.08 Å². The van der Waals surface area contributed by atoms with Crippen LogP contribution >= 0.6 is 0 Å². The summed E-state index contributed by atoms with van der Waals surface area (Å²) in [7, 11) is 0. The van der Waals surface area contributed by atoms with Crippen LogP contribution < -0.4 is 0 Å². The predicted molar refractivity (Wildman–Crippen MR) is 98.5 cm³/mol. The van der Waals surface area contributed by atoms with E-state index in [1.54, 1.807) is 11.0 Å². The molecule has 24 heavy (non-hydrogen) atoms. The number of aliphatic hydroxyl groups is 1. The third-order valence-electron chi connectivity index (χ3n) is 3.92. The van der Waals surface area contributed by atoms with Crippen LogP contribution in [0.2, 0.25) is 0 Å². The molecule has 1 amide bonds. The molecular weight excluding hydrogens is 298 g/mol. The molecule has 0 heterocycles. The Morgan fingerprint density at radius 3 is 2.33 bits per heavy atom. The lowest BCUT2D eigenvalue weighted by atomic mass is 10.0. The first-order valence-electron chi connectivity index (χ1n) is 8.32. The van der Waals surface area contributed by atoms with Gasteiger partial charge in [0.15, 0.2) is 0 Å². The Bertz CT molecular complexity index is 660. The molecule has 0 atom stereocenters. The summed E-state index contributed by atoms with van der Waals surface area (Å²) in [4.78, 5) is 14.1. The first kappa shape index (κ1) is 18.0. The summed E-state index contributed by atoms with van der Waals surface area (Å²) in [6.45, 7) is 5.09. The standard InChI is InChI=1S/C21H25NO2/c1-17(2)20-11-8-18(9-12-20)10-13-21(24)22(14-15-23)16-19-6-4-3-5-7-19/h3-13,17,23H,14-16H2,1-2H3/b13-10+. The van der Waals surface area contributed by atoms with E-state index in [2.05, 4.69) is 26.0 Å². The summed E-state index contributed by atoms with van der Waals surface area (Å²) < 4.78 is 0. The van der Waals surface area contributed by atoms with E-state index < -0.39 is 0 Å². The normalized spacial score (nSPS) is 11.2. The Balaban J connectivity index is 2.03. The highest BCUT2D eigenvalue weighted by atomic mass is 16.3. The third kappa shape index (κ3) is 5.36. The van der Waals surface area contributed by atoms with E-state index >= 15 is 0 Å². The Hall–Kier alpha value is -2.39. The van der Waals surface area contributed by atoms with E-state index in [1.165, 1.54) is 5.56 Å². The van der Waals surface area contributed by atoms with Crippen molar-refractivity contribution in [2.24, 2.45) is 0 Å². The van der Waals surface area contributed by atoms with Crippen molar-refractivity contribution >= 4 is 12.0 Å². The molecule has 0 saturated heterocycles. The highest BCUT2D eigenvalue weighted by molar-refractivity contribution is 5.91. The van der Waals surface area contributed by atoms with Crippen molar-refractivity contribution in [1.29, 1.82) is 0 Å². The van der Waals surface area contributed by atoms with Gasteiger partial charge in [-0.15, -0.1) is 0 Å². The average Bonchev–Trinajstić information content (AvgIpc) is 2.60. The smallest absolute Gasteiger partial charge is 0.246 e. The monoisotopic (exact) mass is 323 g/mol. The van der Waals surface area contributed by atoms with Crippen molar-refractivity contribution in [1.82, 2.24) is 4.90 Å². The summed E-state index contributed by atoms with van der Waals surface area (Å²) >= 11 is 0. The van der Waals surface area contributed by atoms with Crippen LogP contribution in [0.15, 0.2) is 60.7 Å². The van der Waals surface area contributed by atoms with Crippen LogP contribution in [-0.4, -0.2) is 29.1 Å². The Morgan fingerprint density at radius 1 is 1.08 bits per heavy atom. The molecule has 2 rings (SSSR count). The van der Waals surface area contributed by atoms with Gasteiger partial charge in [0.1, 0.15) is 0 Å². The molecule has 0 unspecified atom stereocenters. The van der Waals surface area contributed by atoms with Crippen molar-refractivity contribution in [2.75, 3.05) is 13.2 Å². The molecule has 1 N–H and O–H groups in total. The zero-order valence-electron chi connectivity index (χ0n) is 14.4. The second-order valence-corrected chi connectivity index (χ2v) is 6.12. The molecule has 0 spiro atoms. The van der Waals surface area contributed by atoms with Crippen molar-refractivity contribution in [2.45, 2.75) is 26.3 Å². The molecule has 2 aromatic rings. The van der Waals surface area contributed by atoms with E-state index in [0.717, 1.165) is 11.1 Å². The molecule has 0 aliphatic rings. The molecule has 0 saturated carbocycles. The van der Waals surface area contributed by atoms with Crippen LogP contribution in [0.3, 0.4) is 0 Å². The molecule has 0 bridgehead atoms. The number of carbonyl (C=O) groups excluding carboxylic acids is 1. The van der Waals surface area contributed by atoms with E-state index in [9.17, 15) is 9.90 Å². The fourth-order valence-electron chi connectivity index (χ4n) is 2.46. The molecule has 0 radical (unpaired) electrons. The van der Waals surface area contributed by atoms with Gasteiger partial charge in [0, 0.05) is 19.2 Å². The van der Waals surface area contributed by atoms with Crippen LogP contribution in [-0.2, 0) is 11.3 Å². The first-order valence-corrected chi connectivity index (χ1v) is 8.32. The second kappa shape index (κ2) is 9.04. The summed E-state index contributed by atoms with van der Waals surface area (Å²) in [6.07, 6.45) is 3.39. The van der Waals surface area contributed by atoms with Gasteiger partial charge in [-0.25, -0.2) is 0 Å². The quantitative estimate of drug-likeness (QED) is 0.786. The number of amides is 1. The number of nitrogens with zero attached hydrogens (tertiary/aromatic N) is 1. The first-order chi connectivity index (χ1) is 11.6. The van der Waals surface area contributed by atoms with Gasteiger partial charge in [-0.3, -0.25) is 4.79 Å². The van der Waals surface area contributed by atoms with Gasteiger partial charge in [0.2, 0.25) is 5.91 Å². The molecule has 3 nitrogen and oxygen atoms in total. The van der Waals surface area contributed by atoms with Crippen molar-refractivity contribution in [3.63, 3.8) is 0 Å². The Morgan fingerprint density at radius 2 is 1.75 bits per heavy atom. The topological polar surface area (TPSA) is 40.5 Å². The lowest BCUT2D eigenvalue weighted by Gasteiger charge is -2.20. The van der Waals surface area contributed by atoms with Crippen molar-refractivity contribution in [3.05, 3.63) is 77.4 Å².